The van der Waals surface area contributed by atoms with E-state index in [0.717, 1.165) is 67.1 Å². The second-order valence-corrected chi connectivity index (χ2v) is 13.1. The topological polar surface area (TPSA) is 55.3 Å². The number of benzene rings is 8. The molecule has 5 nitrogen and oxygen atoms in total. The number of anilines is 3. The molecule has 53 heavy (non-hydrogen) atoms. The van der Waals surface area contributed by atoms with Crippen LogP contribution in [0.3, 0.4) is 0 Å². The van der Waals surface area contributed by atoms with Gasteiger partial charge in [-0.1, -0.05) is 103 Å². The van der Waals surface area contributed by atoms with Crippen molar-refractivity contribution in [2.75, 3.05) is 4.90 Å². The Bertz CT molecular complexity index is 2880. The van der Waals surface area contributed by atoms with Crippen LogP contribution >= 0.6 is 0 Å². The van der Waals surface area contributed by atoms with Crippen molar-refractivity contribution in [1.82, 2.24) is 9.97 Å². The van der Waals surface area contributed by atoms with Crippen molar-refractivity contribution < 1.29 is 8.83 Å². The summed E-state index contributed by atoms with van der Waals surface area (Å²) in [6.07, 6.45) is 0. The van der Waals surface area contributed by atoms with Gasteiger partial charge in [0.15, 0.2) is 11.2 Å². The maximum atomic E-state index is 6.32. The SMILES string of the molecule is c1ccc(-c2nc3ccc(-c4ccc(N(c5ccc(-c6ccc7ccccc7c6)cc5)c5ccc6nc(-c7ccccc7)oc6c5)cc4)cc3o2)cc1. The number of rotatable bonds is 7. The van der Waals surface area contributed by atoms with Crippen molar-refractivity contribution in [3.63, 3.8) is 0 Å². The second kappa shape index (κ2) is 12.8. The number of hydrogen-bond acceptors (Lipinski definition) is 5. The fourth-order valence-corrected chi connectivity index (χ4v) is 6.99. The maximum absolute atomic E-state index is 6.32. The van der Waals surface area contributed by atoms with Gasteiger partial charge >= 0.3 is 0 Å². The van der Waals surface area contributed by atoms with Crippen LogP contribution in [0.2, 0.25) is 0 Å². The molecule has 0 aliphatic heterocycles. The van der Waals surface area contributed by atoms with Gasteiger partial charge in [-0.25, -0.2) is 9.97 Å². The van der Waals surface area contributed by atoms with Gasteiger partial charge < -0.3 is 13.7 Å². The number of oxazole rings is 2. The summed E-state index contributed by atoms with van der Waals surface area (Å²) in [5.41, 5.74) is 12.5. The Hall–Kier alpha value is -7.24. The summed E-state index contributed by atoms with van der Waals surface area (Å²) in [5.74, 6) is 1.22. The molecule has 0 fully saturated rings. The Morgan fingerprint density at radius 3 is 1.38 bits per heavy atom. The lowest BCUT2D eigenvalue weighted by molar-refractivity contribution is 0.619. The Kier molecular flexibility index (Phi) is 7.40. The lowest BCUT2D eigenvalue weighted by Gasteiger charge is -2.26. The number of fused-ring (bicyclic) bond motifs is 3. The molecule has 0 unspecified atom stereocenters. The van der Waals surface area contributed by atoms with Crippen LogP contribution in [0.25, 0.3) is 78.1 Å². The van der Waals surface area contributed by atoms with E-state index < -0.39 is 0 Å². The summed E-state index contributed by atoms with van der Waals surface area (Å²) >= 11 is 0. The van der Waals surface area contributed by atoms with Crippen LogP contribution in [0.4, 0.5) is 17.1 Å². The third-order valence-corrected chi connectivity index (χ3v) is 9.73. The minimum atomic E-state index is 0.605. The van der Waals surface area contributed by atoms with Crippen LogP contribution in [-0.2, 0) is 0 Å². The van der Waals surface area contributed by atoms with Crippen LogP contribution in [0.15, 0.2) is 197 Å². The average molecular weight is 682 g/mol. The average Bonchev–Trinajstić information content (AvgIpc) is 3.86. The zero-order chi connectivity index (χ0) is 35.1. The normalized spacial score (nSPS) is 11.4. The van der Waals surface area contributed by atoms with Gasteiger partial charge in [0.2, 0.25) is 11.8 Å². The molecule has 10 rings (SSSR count). The molecule has 0 N–H and O–H groups in total. The van der Waals surface area contributed by atoms with Crippen LogP contribution < -0.4 is 4.90 Å². The fraction of sp³-hybridized carbons (Fsp3) is 0. The van der Waals surface area contributed by atoms with Crippen molar-refractivity contribution in [3.8, 4) is 45.2 Å². The zero-order valence-electron chi connectivity index (χ0n) is 28.6. The highest BCUT2D eigenvalue weighted by Crippen LogP contribution is 2.39. The summed E-state index contributed by atoms with van der Waals surface area (Å²) in [7, 11) is 0. The highest BCUT2D eigenvalue weighted by molar-refractivity contribution is 5.89. The summed E-state index contributed by atoms with van der Waals surface area (Å²) in [4.78, 5) is 11.8. The van der Waals surface area contributed by atoms with Gasteiger partial charge in [0.25, 0.3) is 0 Å². The number of hydrogen-bond donors (Lipinski definition) is 0. The molecule has 10 aromatic rings. The van der Waals surface area contributed by atoms with Gasteiger partial charge in [-0.3, -0.25) is 0 Å². The second-order valence-electron chi connectivity index (χ2n) is 13.1. The van der Waals surface area contributed by atoms with E-state index >= 15 is 0 Å². The first kappa shape index (κ1) is 30.6. The summed E-state index contributed by atoms with van der Waals surface area (Å²) < 4.78 is 12.5. The van der Waals surface area contributed by atoms with Crippen LogP contribution in [0.1, 0.15) is 0 Å². The predicted molar refractivity (Wildman–Crippen MR) is 216 cm³/mol. The molecule has 250 valence electrons. The van der Waals surface area contributed by atoms with Gasteiger partial charge in [0.05, 0.1) is 0 Å². The largest absolute Gasteiger partial charge is 0.436 e. The van der Waals surface area contributed by atoms with Crippen LogP contribution in [0, 0.1) is 0 Å². The third-order valence-electron chi connectivity index (χ3n) is 9.73. The van der Waals surface area contributed by atoms with Gasteiger partial charge in [0.1, 0.15) is 11.0 Å². The van der Waals surface area contributed by atoms with Crippen molar-refractivity contribution in [2.45, 2.75) is 0 Å². The standard InChI is InChI=1S/C48H31N3O2/c1-3-10-35(11-4-1)47-49-43-27-21-39(30-45(43)52-47)34-19-24-41(25-20-34)51(42-26-28-44-46(31-42)53-48(50-44)36-12-5-2-6-13-36)40-22-17-33(18-23-40)38-16-15-32-9-7-8-14-37(32)29-38/h1-31H. The minimum absolute atomic E-state index is 0.605. The van der Waals surface area contributed by atoms with E-state index in [0.29, 0.717) is 11.8 Å². The molecule has 0 saturated heterocycles. The summed E-state index contributed by atoms with van der Waals surface area (Å²) in [5, 5.41) is 2.46. The molecule has 0 bridgehead atoms. The van der Waals surface area contributed by atoms with E-state index in [1.807, 2.05) is 72.8 Å². The van der Waals surface area contributed by atoms with E-state index in [2.05, 4.69) is 120 Å². The summed E-state index contributed by atoms with van der Waals surface area (Å²) in [6.45, 7) is 0. The van der Waals surface area contributed by atoms with E-state index in [1.54, 1.807) is 0 Å². The zero-order valence-corrected chi connectivity index (χ0v) is 28.6. The molecule has 2 heterocycles. The first-order chi connectivity index (χ1) is 26.2. The van der Waals surface area contributed by atoms with Crippen molar-refractivity contribution in [2.24, 2.45) is 0 Å². The highest BCUT2D eigenvalue weighted by Gasteiger charge is 2.17. The Morgan fingerprint density at radius 1 is 0.321 bits per heavy atom. The van der Waals surface area contributed by atoms with Gasteiger partial charge in [0, 0.05) is 34.3 Å². The molecule has 0 aliphatic carbocycles. The van der Waals surface area contributed by atoms with Gasteiger partial charge in [-0.2, -0.15) is 0 Å². The molecular formula is C48H31N3O2. The molecule has 5 heteroatoms. The first-order valence-electron chi connectivity index (χ1n) is 17.6. The lowest BCUT2D eigenvalue weighted by atomic mass is 10.0. The van der Waals surface area contributed by atoms with Crippen molar-refractivity contribution >= 4 is 50.0 Å². The van der Waals surface area contributed by atoms with Crippen molar-refractivity contribution in [3.05, 3.63) is 188 Å². The maximum Gasteiger partial charge on any atom is 0.227 e. The van der Waals surface area contributed by atoms with Crippen LogP contribution in [-0.4, -0.2) is 9.97 Å². The van der Waals surface area contributed by atoms with Gasteiger partial charge in [-0.05, 0) is 112 Å². The van der Waals surface area contributed by atoms with E-state index in [1.165, 1.54) is 16.3 Å². The third kappa shape index (κ3) is 5.80. The van der Waals surface area contributed by atoms with E-state index in [-0.39, 0.29) is 0 Å². The Labute approximate surface area is 306 Å². The Morgan fingerprint density at radius 2 is 0.774 bits per heavy atom. The Balaban J connectivity index is 1.02. The molecule has 0 saturated carbocycles. The molecule has 0 atom stereocenters. The molecular weight excluding hydrogens is 651 g/mol. The van der Waals surface area contributed by atoms with Gasteiger partial charge in [-0.15, -0.1) is 0 Å². The molecule has 2 aromatic heterocycles. The highest BCUT2D eigenvalue weighted by atomic mass is 16.4. The monoisotopic (exact) mass is 681 g/mol. The minimum Gasteiger partial charge on any atom is -0.436 e. The first-order valence-corrected chi connectivity index (χ1v) is 17.6. The number of aromatic nitrogens is 2. The quantitative estimate of drug-likeness (QED) is 0.168. The van der Waals surface area contributed by atoms with E-state index in [4.69, 9.17) is 18.8 Å². The fourth-order valence-electron chi connectivity index (χ4n) is 6.99. The number of nitrogens with zero attached hydrogens (tertiary/aromatic N) is 3. The molecule has 0 radical (unpaired) electrons. The van der Waals surface area contributed by atoms with Crippen LogP contribution in [0.5, 0.6) is 0 Å². The molecule has 0 aliphatic rings. The predicted octanol–water partition coefficient (Wildman–Crippen LogP) is 13.3. The summed E-state index contributed by atoms with van der Waals surface area (Å²) in [6, 6.07) is 64.9. The smallest absolute Gasteiger partial charge is 0.227 e. The molecule has 0 spiro atoms. The van der Waals surface area contributed by atoms with E-state index in [9.17, 15) is 0 Å². The van der Waals surface area contributed by atoms with Crippen molar-refractivity contribution in [1.29, 1.82) is 0 Å². The molecule has 0 amide bonds. The lowest BCUT2D eigenvalue weighted by Crippen LogP contribution is -2.09. The molecule has 8 aromatic carbocycles.